The number of rotatable bonds is 1. The van der Waals surface area contributed by atoms with Gasteiger partial charge in [-0.15, -0.1) is 0 Å². The second kappa shape index (κ2) is 9.23. The van der Waals surface area contributed by atoms with E-state index in [2.05, 4.69) is 24.3 Å². The van der Waals surface area contributed by atoms with Crippen molar-refractivity contribution in [3.8, 4) is 17.1 Å². The first kappa shape index (κ1) is 24.6. The fraction of sp³-hybridized carbons (Fsp3) is 0.407. The van der Waals surface area contributed by atoms with E-state index < -0.39 is 9.73 Å². The molecule has 4 heterocycles. The Kier molecular flexibility index (Phi) is 5.97. The number of carbonyl (C=O) groups is 1. The van der Waals surface area contributed by atoms with Crippen molar-refractivity contribution in [3.05, 3.63) is 47.8 Å². The number of carbonyl (C=O) groups excluding carboxylic acids is 1. The van der Waals surface area contributed by atoms with Gasteiger partial charge in [0.05, 0.1) is 40.8 Å². The van der Waals surface area contributed by atoms with Crippen molar-refractivity contribution in [1.82, 2.24) is 24.3 Å². The van der Waals surface area contributed by atoms with E-state index in [1.807, 2.05) is 32.2 Å². The molecular formula is C27H31N7O3S. The molecule has 1 aliphatic heterocycles. The molecule has 4 bridgehead atoms. The van der Waals surface area contributed by atoms with E-state index in [-0.39, 0.29) is 5.91 Å². The number of hydrogen-bond donors (Lipinski definition) is 1. The van der Waals surface area contributed by atoms with Gasteiger partial charge in [0.25, 0.3) is 5.91 Å². The molecular weight excluding hydrogens is 502 g/mol. The Morgan fingerprint density at radius 1 is 1.13 bits per heavy atom. The number of benzene rings is 1. The number of imidazole rings is 1. The summed E-state index contributed by atoms with van der Waals surface area (Å²) in [5.74, 6) is 1.70. The third-order valence-corrected chi connectivity index (χ3v) is 7.86. The van der Waals surface area contributed by atoms with E-state index in [0.717, 1.165) is 35.9 Å². The molecule has 10 nitrogen and oxygen atoms in total. The number of aryl methyl sites for hydroxylation is 2. The third-order valence-electron chi connectivity index (χ3n) is 7.20. The second-order valence-corrected chi connectivity index (χ2v) is 13.2. The van der Waals surface area contributed by atoms with Gasteiger partial charge in [0, 0.05) is 47.1 Å². The number of ether oxygens (including phenoxy) is 1. The van der Waals surface area contributed by atoms with Gasteiger partial charge in [-0.2, -0.15) is 9.46 Å². The van der Waals surface area contributed by atoms with Gasteiger partial charge in [0.15, 0.2) is 0 Å². The van der Waals surface area contributed by atoms with Gasteiger partial charge in [-0.25, -0.2) is 13.9 Å². The van der Waals surface area contributed by atoms with E-state index >= 15 is 0 Å². The molecule has 2 aliphatic rings. The summed E-state index contributed by atoms with van der Waals surface area (Å²) in [6.07, 6.45) is 8.10. The second-order valence-electron chi connectivity index (χ2n) is 10.7. The van der Waals surface area contributed by atoms with Gasteiger partial charge in [-0.1, -0.05) is 0 Å². The number of anilines is 1. The van der Waals surface area contributed by atoms with Gasteiger partial charge in [0.1, 0.15) is 0 Å². The number of fused-ring (bicyclic) bond motifs is 9. The minimum Gasteiger partial charge on any atom is -0.477 e. The summed E-state index contributed by atoms with van der Waals surface area (Å²) in [5.41, 5.74) is 4.85. The number of nitrogens with one attached hydrogen (secondary N) is 1. The van der Waals surface area contributed by atoms with Gasteiger partial charge in [0.2, 0.25) is 11.8 Å². The minimum absolute atomic E-state index is 0.270. The lowest BCUT2D eigenvalue weighted by molar-refractivity contribution is 0.102. The molecule has 11 heteroatoms. The number of aromatic nitrogens is 5. The molecule has 6 rings (SSSR count). The molecule has 1 saturated carbocycles. The fourth-order valence-electron chi connectivity index (χ4n) is 5.54. The first-order valence-electron chi connectivity index (χ1n) is 12.8. The molecule has 1 amide bonds. The minimum atomic E-state index is -2.32. The fourth-order valence-corrected chi connectivity index (χ4v) is 6.16. The van der Waals surface area contributed by atoms with Crippen molar-refractivity contribution in [1.29, 1.82) is 0 Å². The van der Waals surface area contributed by atoms with Crippen LogP contribution >= 0.6 is 0 Å². The first-order valence-corrected chi connectivity index (χ1v) is 15.1. The van der Waals surface area contributed by atoms with Crippen LogP contribution < -0.4 is 10.1 Å². The Labute approximate surface area is 221 Å². The van der Waals surface area contributed by atoms with E-state index in [9.17, 15) is 9.00 Å². The van der Waals surface area contributed by atoms with Crippen molar-refractivity contribution in [2.24, 2.45) is 23.2 Å². The number of nitrogens with zero attached hydrogens (tertiary/aromatic N) is 6. The normalized spacial score (nSPS) is 19.6. The molecule has 1 aromatic carbocycles. The van der Waals surface area contributed by atoms with Crippen molar-refractivity contribution < 1.29 is 13.7 Å². The van der Waals surface area contributed by atoms with E-state index in [4.69, 9.17) is 9.72 Å². The SMILES string of the molecule is Cc1cc2cc(n1)-c1cnn(C)c1OC[C@@H]1CC[C@@H](C1)Cn1c(nc3ccc(N=S(C)(C)=O)cc31)NC2=O. The lowest BCUT2D eigenvalue weighted by Crippen LogP contribution is -2.18. The molecule has 2 atom stereocenters. The molecule has 1 aliphatic carbocycles. The maximum atomic E-state index is 13.5. The summed E-state index contributed by atoms with van der Waals surface area (Å²) < 4.78 is 26.8. The molecule has 3 aromatic heterocycles. The molecule has 1 fully saturated rings. The number of amides is 1. The van der Waals surface area contributed by atoms with Gasteiger partial charge < -0.3 is 9.30 Å². The van der Waals surface area contributed by atoms with Crippen LogP contribution in [0.25, 0.3) is 22.3 Å². The zero-order valence-electron chi connectivity index (χ0n) is 22.0. The average molecular weight is 534 g/mol. The zero-order valence-corrected chi connectivity index (χ0v) is 22.8. The van der Waals surface area contributed by atoms with Crippen LogP contribution in [0.5, 0.6) is 5.88 Å². The van der Waals surface area contributed by atoms with E-state index in [1.54, 1.807) is 35.5 Å². The summed E-state index contributed by atoms with van der Waals surface area (Å²) in [6.45, 7) is 3.17. The highest BCUT2D eigenvalue weighted by molar-refractivity contribution is 7.92. The lowest BCUT2D eigenvalue weighted by Gasteiger charge is -2.16. The Morgan fingerprint density at radius 2 is 1.95 bits per heavy atom. The van der Waals surface area contributed by atoms with Crippen LogP contribution in [0.1, 0.15) is 35.3 Å². The first-order chi connectivity index (χ1) is 18.1. The van der Waals surface area contributed by atoms with Crippen molar-refractivity contribution in [2.75, 3.05) is 24.4 Å². The highest BCUT2D eigenvalue weighted by Gasteiger charge is 2.29. The standard InChI is InChI=1S/C27H31N7O3S/c1-16-9-19-11-23(29-16)21-13-28-33(2)26(21)37-15-18-6-5-17(10-18)14-34-24-12-20(32-38(3,4)36)7-8-22(24)30-27(34)31-25(19)35/h7-9,11-13,17-18H,5-6,10,14-15H2,1-4H3,(H,30,31,35)/t17-,18+/m0/s1. The van der Waals surface area contributed by atoms with Gasteiger partial charge >= 0.3 is 0 Å². The molecule has 0 saturated heterocycles. The van der Waals surface area contributed by atoms with Gasteiger partial charge in [-0.3, -0.25) is 15.1 Å². The quantitative estimate of drug-likeness (QED) is 0.383. The smallest absolute Gasteiger partial charge is 0.258 e. The third kappa shape index (κ3) is 4.78. The number of pyridine rings is 1. The van der Waals surface area contributed by atoms with Crippen LogP contribution in [0.4, 0.5) is 11.6 Å². The van der Waals surface area contributed by atoms with Crippen molar-refractivity contribution in [2.45, 2.75) is 32.7 Å². The summed E-state index contributed by atoms with van der Waals surface area (Å²) >= 11 is 0. The Balaban J connectivity index is 1.48. The molecule has 1 N–H and O–H groups in total. The topological polar surface area (TPSA) is 116 Å². The summed E-state index contributed by atoms with van der Waals surface area (Å²) in [4.78, 5) is 23.0. The lowest BCUT2D eigenvalue weighted by atomic mass is 10.1. The summed E-state index contributed by atoms with van der Waals surface area (Å²) in [6, 6.07) is 9.12. The Morgan fingerprint density at radius 3 is 2.76 bits per heavy atom. The van der Waals surface area contributed by atoms with Crippen LogP contribution in [0.15, 0.2) is 40.9 Å². The zero-order chi connectivity index (χ0) is 26.6. The van der Waals surface area contributed by atoms with Crippen LogP contribution in [0, 0.1) is 18.8 Å². The van der Waals surface area contributed by atoms with E-state index in [1.165, 1.54) is 0 Å². The highest BCUT2D eigenvalue weighted by Crippen LogP contribution is 2.37. The highest BCUT2D eigenvalue weighted by atomic mass is 32.2. The summed E-state index contributed by atoms with van der Waals surface area (Å²) in [7, 11) is -0.461. The maximum absolute atomic E-state index is 13.5. The molecule has 0 spiro atoms. The Bertz CT molecular complexity index is 1690. The van der Waals surface area contributed by atoms with Crippen molar-refractivity contribution >= 4 is 38.3 Å². The predicted octanol–water partition coefficient (Wildman–Crippen LogP) is 4.56. The Hall–Kier alpha value is -3.73. The number of hydrogen-bond acceptors (Lipinski definition) is 7. The summed E-state index contributed by atoms with van der Waals surface area (Å²) in [5, 5.41) is 7.46. The molecule has 0 unspecified atom stereocenters. The average Bonchev–Trinajstić information content (AvgIpc) is 3.54. The largest absolute Gasteiger partial charge is 0.477 e. The molecule has 198 valence electrons. The predicted molar refractivity (Wildman–Crippen MR) is 147 cm³/mol. The van der Waals surface area contributed by atoms with Gasteiger partial charge in [-0.05, 0) is 68.4 Å². The molecule has 38 heavy (non-hydrogen) atoms. The van der Waals surface area contributed by atoms with Crippen LogP contribution in [0.2, 0.25) is 0 Å². The molecule has 0 radical (unpaired) electrons. The van der Waals surface area contributed by atoms with Crippen LogP contribution in [0.3, 0.4) is 0 Å². The van der Waals surface area contributed by atoms with Crippen LogP contribution in [-0.4, -0.2) is 53.6 Å². The monoisotopic (exact) mass is 533 g/mol. The molecule has 4 aromatic rings. The van der Waals surface area contributed by atoms with E-state index in [0.29, 0.717) is 59.5 Å². The van der Waals surface area contributed by atoms with Crippen LogP contribution in [-0.2, 0) is 23.3 Å². The van der Waals surface area contributed by atoms with Crippen molar-refractivity contribution in [3.63, 3.8) is 0 Å². The maximum Gasteiger partial charge on any atom is 0.258 e.